The second-order valence-electron chi connectivity index (χ2n) is 5.18. The largest absolute Gasteiger partial charge is 0.323 e. The second-order valence-corrected chi connectivity index (χ2v) is 5.99. The molecule has 1 aromatic heterocycles. The zero-order valence-corrected chi connectivity index (χ0v) is 13.3. The van der Waals surface area contributed by atoms with E-state index in [1.54, 1.807) is 0 Å². The Balaban J connectivity index is 2.10. The van der Waals surface area contributed by atoms with Crippen LogP contribution < -0.4 is 0 Å². The van der Waals surface area contributed by atoms with E-state index < -0.39 is 0 Å². The summed E-state index contributed by atoms with van der Waals surface area (Å²) < 4.78 is 2.21. The molecular weight excluding hydrogens is 303 g/mol. The molecule has 4 heteroatoms. The molecule has 0 aliphatic carbocycles. The zero-order chi connectivity index (χ0) is 14.8. The Bertz CT molecular complexity index is 778. The number of aromatic nitrogens is 2. The third kappa shape index (κ3) is 3.07. The molecule has 3 rings (SSSR count). The molecular formula is C17H16Cl2N2. The van der Waals surface area contributed by atoms with E-state index in [9.17, 15) is 0 Å². The summed E-state index contributed by atoms with van der Waals surface area (Å²) in [5, 5.41) is 0.727. The summed E-state index contributed by atoms with van der Waals surface area (Å²) in [4.78, 5) is 4.68. The van der Waals surface area contributed by atoms with Gasteiger partial charge in [0.25, 0.3) is 0 Å². The fourth-order valence-corrected chi connectivity index (χ4v) is 2.93. The molecule has 0 N–H and O–H groups in total. The maximum absolute atomic E-state index is 6.14. The molecule has 0 fully saturated rings. The van der Waals surface area contributed by atoms with Crippen molar-refractivity contribution in [1.82, 2.24) is 9.55 Å². The minimum atomic E-state index is 0.560. The Labute approximate surface area is 134 Å². The van der Waals surface area contributed by atoms with Gasteiger partial charge >= 0.3 is 0 Å². The van der Waals surface area contributed by atoms with Crippen LogP contribution in [0.4, 0.5) is 0 Å². The number of benzene rings is 2. The first-order valence-corrected chi connectivity index (χ1v) is 7.85. The molecule has 2 nitrogen and oxygen atoms in total. The number of aryl methyl sites for hydroxylation is 2. The third-order valence-corrected chi connectivity index (χ3v) is 3.95. The van der Waals surface area contributed by atoms with Crippen LogP contribution in [0.5, 0.6) is 0 Å². The molecule has 0 atom stereocenters. The SMILES string of the molecule is Cc1cccc(Cn2c(CCCl)nc3ccc(Cl)cc32)c1. The molecule has 21 heavy (non-hydrogen) atoms. The summed E-state index contributed by atoms with van der Waals surface area (Å²) in [7, 11) is 0. The van der Waals surface area contributed by atoms with E-state index in [-0.39, 0.29) is 0 Å². The lowest BCUT2D eigenvalue weighted by Crippen LogP contribution is -2.06. The lowest BCUT2D eigenvalue weighted by atomic mass is 10.1. The van der Waals surface area contributed by atoms with Crippen LogP contribution in [0.3, 0.4) is 0 Å². The summed E-state index contributed by atoms with van der Waals surface area (Å²) in [5.41, 5.74) is 4.54. The average Bonchev–Trinajstić information content (AvgIpc) is 2.77. The lowest BCUT2D eigenvalue weighted by molar-refractivity contribution is 0.754. The van der Waals surface area contributed by atoms with E-state index >= 15 is 0 Å². The molecule has 2 aromatic carbocycles. The van der Waals surface area contributed by atoms with Crippen molar-refractivity contribution in [1.29, 1.82) is 0 Å². The van der Waals surface area contributed by atoms with Gasteiger partial charge in [-0.3, -0.25) is 0 Å². The topological polar surface area (TPSA) is 17.8 Å². The van der Waals surface area contributed by atoms with Gasteiger partial charge in [-0.25, -0.2) is 4.98 Å². The number of alkyl halides is 1. The minimum absolute atomic E-state index is 0.560. The molecule has 0 radical (unpaired) electrons. The molecule has 1 heterocycles. The van der Waals surface area contributed by atoms with Crippen molar-refractivity contribution >= 4 is 34.2 Å². The lowest BCUT2D eigenvalue weighted by Gasteiger charge is -2.09. The van der Waals surface area contributed by atoms with Crippen molar-refractivity contribution in [2.24, 2.45) is 0 Å². The Hall–Kier alpha value is -1.51. The van der Waals surface area contributed by atoms with Crippen molar-refractivity contribution in [3.05, 3.63) is 64.4 Å². The van der Waals surface area contributed by atoms with Gasteiger partial charge in [0.1, 0.15) is 5.82 Å². The number of halogens is 2. The smallest absolute Gasteiger partial charge is 0.111 e. The van der Waals surface area contributed by atoms with Crippen LogP contribution in [0, 0.1) is 6.92 Å². The third-order valence-electron chi connectivity index (χ3n) is 3.53. The highest BCUT2D eigenvalue weighted by atomic mass is 35.5. The Morgan fingerprint density at radius 2 is 2.00 bits per heavy atom. The molecule has 0 amide bonds. The molecule has 108 valence electrons. The monoisotopic (exact) mass is 318 g/mol. The molecule has 0 spiro atoms. The molecule has 0 saturated carbocycles. The Morgan fingerprint density at radius 3 is 2.76 bits per heavy atom. The maximum atomic E-state index is 6.14. The summed E-state index contributed by atoms with van der Waals surface area (Å²) in [6.45, 7) is 2.89. The van der Waals surface area contributed by atoms with Crippen LogP contribution in [0.15, 0.2) is 42.5 Å². The summed E-state index contributed by atoms with van der Waals surface area (Å²) >= 11 is 12.1. The van der Waals surface area contributed by atoms with Crippen molar-refractivity contribution in [3.8, 4) is 0 Å². The van der Waals surface area contributed by atoms with Crippen molar-refractivity contribution in [3.63, 3.8) is 0 Å². The minimum Gasteiger partial charge on any atom is -0.323 e. The first-order valence-electron chi connectivity index (χ1n) is 6.93. The highest BCUT2D eigenvalue weighted by Crippen LogP contribution is 2.22. The van der Waals surface area contributed by atoms with Gasteiger partial charge in [0.05, 0.1) is 11.0 Å². The second kappa shape index (κ2) is 6.08. The fraction of sp³-hybridized carbons (Fsp3) is 0.235. The highest BCUT2D eigenvalue weighted by molar-refractivity contribution is 6.31. The van der Waals surface area contributed by atoms with Gasteiger partial charge in [-0.15, -0.1) is 11.6 Å². The maximum Gasteiger partial charge on any atom is 0.111 e. The number of hydrogen-bond acceptors (Lipinski definition) is 1. The zero-order valence-electron chi connectivity index (χ0n) is 11.8. The van der Waals surface area contributed by atoms with Crippen molar-refractivity contribution in [2.75, 3.05) is 5.88 Å². The molecule has 0 unspecified atom stereocenters. The van der Waals surface area contributed by atoms with Crippen LogP contribution >= 0.6 is 23.2 Å². The predicted octanol–water partition coefficient (Wildman–Crippen LogP) is 4.83. The molecule has 0 aliphatic heterocycles. The summed E-state index contributed by atoms with van der Waals surface area (Å²) in [5.74, 6) is 1.56. The molecule has 0 saturated heterocycles. The average molecular weight is 319 g/mol. The van der Waals surface area contributed by atoms with Crippen LogP contribution in [-0.2, 0) is 13.0 Å². The number of nitrogens with zero attached hydrogens (tertiary/aromatic N) is 2. The van der Waals surface area contributed by atoms with Gasteiger partial charge in [0.2, 0.25) is 0 Å². The van der Waals surface area contributed by atoms with Crippen LogP contribution in [-0.4, -0.2) is 15.4 Å². The van der Waals surface area contributed by atoms with Crippen LogP contribution in [0.25, 0.3) is 11.0 Å². The molecule has 3 aromatic rings. The van der Waals surface area contributed by atoms with Crippen LogP contribution in [0.2, 0.25) is 5.02 Å². The normalized spacial score (nSPS) is 11.2. The first kappa shape index (κ1) is 14.4. The number of hydrogen-bond donors (Lipinski definition) is 0. The van der Waals surface area contributed by atoms with E-state index in [4.69, 9.17) is 23.2 Å². The first-order chi connectivity index (χ1) is 10.2. The van der Waals surface area contributed by atoms with E-state index in [0.29, 0.717) is 5.88 Å². The Morgan fingerprint density at radius 1 is 1.14 bits per heavy atom. The molecule has 0 bridgehead atoms. The quantitative estimate of drug-likeness (QED) is 0.630. The summed E-state index contributed by atoms with van der Waals surface area (Å²) in [6.07, 6.45) is 0.750. The number of rotatable bonds is 4. The van der Waals surface area contributed by atoms with Gasteiger partial charge in [0.15, 0.2) is 0 Å². The molecule has 0 aliphatic rings. The van der Waals surface area contributed by atoms with Gasteiger partial charge in [0, 0.05) is 23.9 Å². The standard InChI is InChI=1S/C17H16Cl2N2/c1-12-3-2-4-13(9-12)11-21-16-10-14(19)5-6-15(16)20-17(21)7-8-18/h2-6,9-10H,7-8,11H2,1H3. The van der Waals surface area contributed by atoms with Crippen LogP contribution in [0.1, 0.15) is 17.0 Å². The van der Waals surface area contributed by atoms with Gasteiger partial charge in [-0.2, -0.15) is 0 Å². The summed E-state index contributed by atoms with van der Waals surface area (Å²) in [6, 6.07) is 14.3. The van der Waals surface area contributed by atoms with Crippen molar-refractivity contribution in [2.45, 2.75) is 19.9 Å². The number of imidazole rings is 1. The van der Waals surface area contributed by atoms with Gasteiger partial charge in [-0.05, 0) is 30.7 Å². The Kier molecular flexibility index (Phi) is 4.18. The van der Waals surface area contributed by atoms with E-state index in [1.807, 2.05) is 18.2 Å². The van der Waals surface area contributed by atoms with E-state index in [1.165, 1.54) is 11.1 Å². The highest BCUT2D eigenvalue weighted by Gasteiger charge is 2.11. The number of fused-ring (bicyclic) bond motifs is 1. The van der Waals surface area contributed by atoms with Gasteiger partial charge in [-0.1, -0.05) is 41.4 Å². The van der Waals surface area contributed by atoms with Crippen molar-refractivity contribution < 1.29 is 0 Å². The van der Waals surface area contributed by atoms with E-state index in [0.717, 1.165) is 34.8 Å². The fourth-order valence-electron chi connectivity index (χ4n) is 2.59. The predicted molar refractivity (Wildman–Crippen MR) is 89.4 cm³/mol. The van der Waals surface area contributed by atoms with Gasteiger partial charge < -0.3 is 4.57 Å². The van der Waals surface area contributed by atoms with E-state index in [2.05, 4.69) is 40.7 Å².